The standard InChI is InChI=1S/C17H26INO3/c1-11(2)14(19-16(20)22-17(3,4)5)10-12-7-8-15(21-6)13(18)9-12/h7-9,11,14H,10H2,1-6H3,(H,19,20). The number of alkyl carbamates (subject to hydrolysis) is 1. The van der Waals surface area contributed by atoms with Crippen LogP contribution in [0.25, 0.3) is 0 Å². The Labute approximate surface area is 147 Å². The predicted molar refractivity (Wildman–Crippen MR) is 97.4 cm³/mol. The SMILES string of the molecule is COc1ccc(CC(NC(=O)OC(C)(C)C)C(C)C)cc1I. The number of hydrogen-bond acceptors (Lipinski definition) is 3. The third kappa shape index (κ3) is 6.42. The highest BCUT2D eigenvalue weighted by atomic mass is 127. The van der Waals surface area contributed by atoms with E-state index in [2.05, 4.69) is 47.8 Å². The summed E-state index contributed by atoms with van der Waals surface area (Å²) in [5.74, 6) is 1.18. The van der Waals surface area contributed by atoms with E-state index >= 15 is 0 Å². The van der Waals surface area contributed by atoms with E-state index in [9.17, 15) is 4.79 Å². The smallest absolute Gasteiger partial charge is 0.407 e. The minimum atomic E-state index is -0.485. The molecule has 1 aromatic carbocycles. The van der Waals surface area contributed by atoms with Crippen molar-refractivity contribution in [3.8, 4) is 5.75 Å². The van der Waals surface area contributed by atoms with E-state index in [4.69, 9.17) is 9.47 Å². The fourth-order valence-electron chi connectivity index (χ4n) is 2.00. The summed E-state index contributed by atoms with van der Waals surface area (Å²) in [7, 11) is 1.66. The second-order valence-corrected chi connectivity index (χ2v) is 7.83. The molecule has 0 saturated heterocycles. The molecular formula is C17H26INO3. The molecule has 1 atom stereocenters. The van der Waals surface area contributed by atoms with Crippen molar-refractivity contribution in [1.82, 2.24) is 5.32 Å². The zero-order valence-electron chi connectivity index (χ0n) is 14.2. The van der Waals surface area contributed by atoms with Gasteiger partial charge in [0.25, 0.3) is 0 Å². The Hall–Kier alpha value is -0.980. The van der Waals surface area contributed by atoms with E-state index in [-0.39, 0.29) is 12.1 Å². The molecule has 0 fully saturated rings. The number of hydrogen-bond donors (Lipinski definition) is 1. The van der Waals surface area contributed by atoms with Crippen molar-refractivity contribution in [2.24, 2.45) is 5.92 Å². The van der Waals surface area contributed by atoms with Crippen LogP contribution in [0, 0.1) is 9.49 Å². The molecule has 0 aliphatic heterocycles. The molecule has 1 aromatic rings. The van der Waals surface area contributed by atoms with Gasteiger partial charge in [0.2, 0.25) is 0 Å². The summed E-state index contributed by atoms with van der Waals surface area (Å²) >= 11 is 2.26. The Bertz CT molecular complexity index is 509. The number of rotatable bonds is 5. The topological polar surface area (TPSA) is 47.6 Å². The van der Waals surface area contributed by atoms with Crippen molar-refractivity contribution in [3.05, 3.63) is 27.3 Å². The monoisotopic (exact) mass is 419 g/mol. The number of benzene rings is 1. The van der Waals surface area contributed by atoms with E-state index in [0.29, 0.717) is 5.92 Å². The van der Waals surface area contributed by atoms with Gasteiger partial charge in [-0.15, -0.1) is 0 Å². The molecule has 5 heteroatoms. The molecule has 1 amide bonds. The van der Waals surface area contributed by atoms with Crippen LogP contribution >= 0.6 is 22.6 Å². The number of methoxy groups -OCH3 is 1. The molecule has 0 heterocycles. The van der Waals surface area contributed by atoms with Crippen molar-refractivity contribution >= 4 is 28.7 Å². The van der Waals surface area contributed by atoms with E-state index < -0.39 is 5.60 Å². The number of carbonyl (C=O) groups is 1. The Balaban J connectivity index is 2.76. The maximum atomic E-state index is 12.0. The lowest BCUT2D eigenvalue weighted by Crippen LogP contribution is -2.43. The maximum absolute atomic E-state index is 12.0. The summed E-state index contributed by atoms with van der Waals surface area (Å²) in [5, 5.41) is 2.97. The van der Waals surface area contributed by atoms with Crippen molar-refractivity contribution < 1.29 is 14.3 Å². The summed E-state index contributed by atoms with van der Waals surface area (Å²) in [6.45, 7) is 9.78. The van der Waals surface area contributed by atoms with Crippen LogP contribution in [0.5, 0.6) is 5.75 Å². The van der Waals surface area contributed by atoms with E-state index in [1.807, 2.05) is 32.9 Å². The molecule has 1 N–H and O–H groups in total. The number of carbonyl (C=O) groups excluding carboxylic acids is 1. The Morgan fingerprint density at radius 3 is 2.41 bits per heavy atom. The maximum Gasteiger partial charge on any atom is 0.407 e. The average Bonchev–Trinajstić information content (AvgIpc) is 2.35. The first-order chi connectivity index (χ1) is 10.1. The molecule has 0 saturated carbocycles. The van der Waals surface area contributed by atoms with E-state index in [1.165, 1.54) is 5.56 Å². The number of amides is 1. The molecule has 0 aromatic heterocycles. The van der Waals surface area contributed by atoms with Gasteiger partial charge >= 0.3 is 6.09 Å². The molecule has 4 nitrogen and oxygen atoms in total. The first-order valence-electron chi connectivity index (χ1n) is 7.44. The van der Waals surface area contributed by atoms with Crippen LogP contribution in [0.4, 0.5) is 4.79 Å². The van der Waals surface area contributed by atoms with Gasteiger partial charge in [-0.2, -0.15) is 0 Å². The summed E-state index contributed by atoms with van der Waals surface area (Å²) in [4.78, 5) is 12.0. The van der Waals surface area contributed by atoms with Crippen molar-refractivity contribution in [2.45, 2.75) is 52.7 Å². The lowest BCUT2D eigenvalue weighted by atomic mass is 9.96. The van der Waals surface area contributed by atoms with Gasteiger partial charge in [0, 0.05) is 6.04 Å². The highest BCUT2D eigenvalue weighted by Gasteiger charge is 2.21. The van der Waals surface area contributed by atoms with Crippen molar-refractivity contribution in [3.63, 3.8) is 0 Å². The Morgan fingerprint density at radius 1 is 1.32 bits per heavy atom. The predicted octanol–water partition coefficient (Wildman–Crippen LogP) is 4.39. The van der Waals surface area contributed by atoms with Gasteiger partial charge in [-0.3, -0.25) is 0 Å². The highest BCUT2D eigenvalue weighted by molar-refractivity contribution is 14.1. The molecule has 0 aliphatic carbocycles. The Kier molecular flexibility index (Phi) is 6.97. The van der Waals surface area contributed by atoms with Crippen LogP contribution in [-0.4, -0.2) is 24.8 Å². The molecule has 0 aliphatic rings. The molecule has 0 bridgehead atoms. The summed E-state index contributed by atoms with van der Waals surface area (Å²) in [5.41, 5.74) is 0.682. The number of nitrogens with one attached hydrogen (secondary N) is 1. The molecule has 0 radical (unpaired) electrons. The fraction of sp³-hybridized carbons (Fsp3) is 0.588. The summed E-state index contributed by atoms with van der Waals surface area (Å²) in [6, 6.07) is 6.11. The minimum absolute atomic E-state index is 0.0269. The third-order valence-corrected chi connectivity index (χ3v) is 4.02. The number of ether oxygens (including phenoxy) is 2. The fourth-order valence-corrected chi connectivity index (χ4v) is 2.80. The van der Waals surface area contributed by atoms with Gasteiger partial charge in [0.05, 0.1) is 10.7 Å². The van der Waals surface area contributed by atoms with Gasteiger partial charge in [0.1, 0.15) is 11.4 Å². The van der Waals surface area contributed by atoms with Crippen LogP contribution in [-0.2, 0) is 11.2 Å². The molecule has 124 valence electrons. The van der Waals surface area contributed by atoms with Gasteiger partial charge in [-0.1, -0.05) is 19.9 Å². The first kappa shape index (κ1) is 19.1. The van der Waals surface area contributed by atoms with Crippen LogP contribution in [0.1, 0.15) is 40.2 Å². The summed E-state index contributed by atoms with van der Waals surface area (Å²) < 4.78 is 11.7. The van der Waals surface area contributed by atoms with E-state index in [1.54, 1.807) is 7.11 Å². The second-order valence-electron chi connectivity index (χ2n) is 6.67. The van der Waals surface area contributed by atoms with Gasteiger partial charge in [-0.25, -0.2) is 4.79 Å². The first-order valence-corrected chi connectivity index (χ1v) is 8.52. The third-order valence-electron chi connectivity index (χ3n) is 3.18. The Morgan fingerprint density at radius 2 is 1.95 bits per heavy atom. The van der Waals surface area contributed by atoms with Gasteiger partial charge in [0.15, 0.2) is 0 Å². The molecule has 22 heavy (non-hydrogen) atoms. The lowest BCUT2D eigenvalue weighted by Gasteiger charge is -2.26. The molecule has 1 unspecified atom stereocenters. The molecular weight excluding hydrogens is 393 g/mol. The molecule has 1 rings (SSSR count). The quantitative estimate of drug-likeness (QED) is 0.721. The van der Waals surface area contributed by atoms with Crippen LogP contribution in [0.15, 0.2) is 18.2 Å². The zero-order chi connectivity index (χ0) is 16.9. The van der Waals surface area contributed by atoms with Gasteiger partial charge in [-0.05, 0) is 73.4 Å². The van der Waals surface area contributed by atoms with Crippen LogP contribution < -0.4 is 10.1 Å². The lowest BCUT2D eigenvalue weighted by molar-refractivity contribution is 0.0490. The molecule has 0 spiro atoms. The van der Waals surface area contributed by atoms with E-state index in [0.717, 1.165) is 15.7 Å². The normalized spacial score (nSPS) is 12.9. The van der Waals surface area contributed by atoms with Crippen molar-refractivity contribution in [1.29, 1.82) is 0 Å². The zero-order valence-corrected chi connectivity index (χ0v) is 16.4. The highest BCUT2D eigenvalue weighted by Crippen LogP contribution is 2.23. The largest absolute Gasteiger partial charge is 0.496 e. The van der Waals surface area contributed by atoms with Crippen molar-refractivity contribution in [2.75, 3.05) is 7.11 Å². The van der Waals surface area contributed by atoms with Crippen LogP contribution in [0.2, 0.25) is 0 Å². The average molecular weight is 419 g/mol. The minimum Gasteiger partial charge on any atom is -0.496 e. The summed E-state index contributed by atoms with van der Waals surface area (Å²) in [6.07, 6.45) is 0.395. The van der Waals surface area contributed by atoms with Crippen LogP contribution in [0.3, 0.4) is 0 Å². The number of halogens is 1. The second kappa shape index (κ2) is 8.04. The van der Waals surface area contributed by atoms with Gasteiger partial charge < -0.3 is 14.8 Å².